The molecule has 0 saturated heterocycles. The number of carboxylic acids is 1. The predicted octanol–water partition coefficient (Wildman–Crippen LogP) is 1.77. The number of carboxylic acid groups (broad SMARTS) is 1. The summed E-state index contributed by atoms with van der Waals surface area (Å²) in [5.41, 5.74) is 1.93. The van der Waals surface area contributed by atoms with Gasteiger partial charge >= 0.3 is 5.97 Å². The summed E-state index contributed by atoms with van der Waals surface area (Å²) in [6.45, 7) is 3.61. The summed E-state index contributed by atoms with van der Waals surface area (Å²) in [7, 11) is 1.84. The van der Waals surface area contributed by atoms with Gasteiger partial charge in [0.2, 0.25) is 0 Å². The Bertz CT molecular complexity index is 521. The van der Waals surface area contributed by atoms with Crippen LogP contribution in [0.3, 0.4) is 0 Å². The average Bonchev–Trinajstić information content (AvgIpc) is 2.37. The number of hydrogen-bond acceptors (Lipinski definition) is 3. The summed E-state index contributed by atoms with van der Waals surface area (Å²) in [6, 6.07) is 7.39. The predicted molar refractivity (Wildman–Crippen MR) is 73.8 cm³/mol. The molecule has 0 saturated carbocycles. The fraction of sp³-hybridized carbons (Fsp3) is 0.286. The Balaban J connectivity index is 2.85. The number of aliphatic carboxylic acids is 1. The third kappa shape index (κ3) is 4.22. The van der Waals surface area contributed by atoms with E-state index in [0.717, 1.165) is 5.56 Å². The number of hydrogen-bond donors (Lipinski definition) is 3. The first-order chi connectivity index (χ1) is 8.95. The molecule has 0 spiro atoms. The van der Waals surface area contributed by atoms with E-state index in [1.807, 2.05) is 25.2 Å². The Morgan fingerprint density at radius 3 is 2.47 bits per heavy atom. The molecule has 1 aromatic carbocycles. The van der Waals surface area contributed by atoms with E-state index in [2.05, 4.69) is 10.6 Å². The van der Waals surface area contributed by atoms with Crippen LogP contribution in [0.1, 0.15) is 19.4 Å². The SMILES string of the molecule is CNCc1cccc(NC(=O)C(C)=C(C)C(=O)O)c1. The zero-order valence-corrected chi connectivity index (χ0v) is 11.3. The number of anilines is 1. The molecule has 102 valence electrons. The highest BCUT2D eigenvalue weighted by molar-refractivity contribution is 6.08. The summed E-state index contributed by atoms with van der Waals surface area (Å²) in [5.74, 6) is -1.49. The minimum absolute atomic E-state index is 0.0453. The van der Waals surface area contributed by atoms with E-state index in [1.165, 1.54) is 13.8 Å². The lowest BCUT2D eigenvalue weighted by Crippen LogP contribution is -2.16. The zero-order chi connectivity index (χ0) is 14.4. The molecule has 1 aromatic rings. The summed E-state index contributed by atoms with van der Waals surface area (Å²) >= 11 is 0. The highest BCUT2D eigenvalue weighted by Gasteiger charge is 2.12. The van der Waals surface area contributed by atoms with Crippen molar-refractivity contribution in [2.24, 2.45) is 0 Å². The van der Waals surface area contributed by atoms with E-state index in [-0.39, 0.29) is 11.1 Å². The molecule has 0 aliphatic carbocycles. The second-order valence-corrected chi connectivity index (χ2v) is 4.24. The Labute approximate surface area is 112 Å². The highest BCUT2D eigenvalue weighted by atomic mass is 16.4. The lowest BCUT2D eigenvalue weighted by atomic mass is 10.1. The van der Waals surface area contributed by atoms with Crippen LogP contribution >= 0.6 is 0 Å². The van der Waals surface area contributed by atoms with Crippen molar-refractivity contribution in [2.75, 3.05) is 12.4 Å². The molecule has 19 heavy (non-hydrogen) atoms. The number of rotatable bonds is 5. The van der Waals surface area contributed by atoms with Gasteiger partial charge in [-0.1, -0.05) is 12.1 Å². The fourth-order valence-electron chi connectivity index (χ4n) is 1.52. The van der Waals surface area contributed by atoms with E-state index in [4.69, 9.17) is 5.11 Å². The third-order valence-corrected chi connectivity index (χ3v) is 2.79. The summed E-state index contributed by atoms with van der Waals surface area (Å²) in [4.78, 5) is 22.7. The maximum atomic E-state index is 11.9. The molecule has 1 amide bonds. The average molecular weight is 262 g/mol. The molecule has 0 aromatic heterocycles. The molecule has 0 unspecified atom stereocenters. The number of nitrogens with one attached hydrogen (secondary N) is 2. The van der Waals surface area contributed by atoms with Crippen molar-refractivity contribution in [1.82, 2.24) is 5.32 Å². The lowest BCUT2D eigenvalue weighted by molar-refractivity contribution is -0.133. The van der Waals surface area contributed by atoms with E-state index in [9.17, 15) is 9.59 Å². The van der Waals surface area contributed by atoms with Crippen LogP contribution < -0.4 is 10.6 Å². The minimum atomic E-state index is -1.09. The van der Waals surface area contributed by atoms with Crippen LogP contribution in [0.15, 0.2) is 35.4 Å². The second kappa shape index (κ2) is 6.70. The van der Waals surface area contributed by atoms with Crippen molar-refractivity contribution in [3.63, 3.8) is 0 Å². The van der Waals surface area contributed by atoms with Crippen LogP contribution in [-0.2, 0) is 16.1 Å². The van der Waals surface area contributed by atoms with Gasteiger partial charge in [0.1, 0.15) is 0 Å². The molecular formula is C14H18N2O3. The first-order valence-electron chi connectivity index (χ1n) is 5.91. The van der Waals surface area contributed by atoms with Crippen LogP contribution in [0, 0.1) is 0 Å². The highest BCUT2D eigenvalue weighted by Crippen LogP contribution is 2.13. The molecule has 0 aliphatic rings. The third-order valence-electron chi connectivity index (χ3n) is 2.79. The number of amides is 1. The van der Waals surface area contributed by atoms with Crippen molar-refractivity contribution < 1.29 is 14.7 Å². The smallest absolute Gasteiger partial charge is 0.331 e. The largest absolute Gasteiger partial charge is 0.478 e. The Morgan fingerprint density at radius 1 is 1.21 bits per heavy atom. The molecule has 0 bridgehead atoms. The normalized spacial score (nSPS) is 11.7. The minimum Gasteiger partial charge on any atom is -0.478 e. The van der Waals surface area contributed by atoms with Gasteiger partial charge < -0.3 is 15.7 Å². The van der Waals surface area contributed by atoms with Gasteiger partial charge in [-0.25, -0.2) is 4.79 Å². The molecule has 0 atom stereocenters. The maximum Gasteiger partial charge on any atom is 0.331 e. The van der Waals surface area contributed by atoms with Gasteiger partial charge in [0, 0.05) is 23.4 Å². The monoisotopic (exact) mass is 262 g/mol. The molecule has 0 heterocycles. The summed E-state index contributed by atoms with van der Waals surface area (Å²) in [6.07, 6.45) is 0. The molecule has 5 nitrogen and oxygen atoms in total. The van der Waals surface area contributed by atoms with Gasteiger partial charge in [0.15, 0.2) is 0 Å². The van der Waals surface area contributed by atoms with Crippen molar-refractivity contribution >= 4 is 17.6 Å². The van der Waals surface area contributed by atoms with Gasteiger partial charge in [-0.2, -0.15) is 0 Å². The summed E-state index contributed by atoms with van der Waals surface area (Å²) in [5, 5.41) is 14.5. The Hall–Kier alpha value is -2.14. The standard InChI is InChI=1S/C14H18N2O3/c1-9(10(2)14(18)19)13(17)16-12-6-4-5-11(7-12)8-15-3/h4-7,15H,8H2,1-3H3,(H,16,17)(H,18,19). The van der Waals surface area contributed by atoms with E-state index >= 15 is 0 Å². The molecule has 0 fully saturated rings. The van der Waals surface area contributed by atoms with Crippen molar-refractivity contribution in [1.29, 1.82) is 0 Å². The molecule has 0 radical (unpaired) electrons. The maximum absolute atomic E-state index is 11.9. The van der Waals surface area contributed by atoms with Crippen molar-refractivity contribution in [3.05, 3.63) is 41.0 Å². The molecule has 3 N–H and O–H groups in total. The van der Waals surface area contributed by atoms with Crippen LogP contribution in [-0.4, -0.2) is 24.0 Å². The topological polar surface area (TPSA) is 78.4 Å². The molecular weight excluding hydrogens is 244 g/mol. The zero-order valence-electron chi connectivity index (χ0n) is 11.3. The van der Waals surface area contributed by atoms with Crippen molar-refractivity contribution in [3.8, 4) is 0 Å². The first-order valence-corrected chi connectivity index (χ1v) is 5.91. The first kappa shape index (κ1) is 14.9. The van der Waals surface area contributed by atoms with Crippen LogP contribution in [0.25, 0.3) is 0 Å². The Kier molecular flexibility index (Phi) is 5.26. The quantitative estimate of drug-likeness (QED) is 0.707. The Morgan fingerprint density at radius 2 is 1.89 bits per heavy atom. The number of carbonyl (C=O) groups excluding carboxylic acids is 1. The van der Waals surface area contributed by atoms with Crippen LogP contribution in [0.4, 0.5) is 5.69 Å². The van der Waals surface area contributed by atoms with Crippen molar-refractivity contribution in [2.45, 2.75) is 20.4 Å². The van der Waals surface area contributed by atoms with Gasteiger partial charge in [-0.05, 0) is 38.6 Å². The van der Waals surface area contributed by atoms with E-state index in [1.54, 1.807) is 6.07 Å². The number of benzene rings is 1. The van der Waals surface area contributed by atoms with Gasteiger partial charge in [-0.15, -0.1) is 0 Å². The molecule has 5 heteroatoms. The second-order valence-electron chi connectivity index (χ2n) is 4.24. The lowest BCUT2D eigenvalue weighted by Gasteiger charge is -2.08. The van der Waals surface area contributed by atoms with Crippen LogP contribution in [0.5, 0.6) is 0 Å². The molecule has 1 rings (SSSR count). The van der Waals surface area contributed by atoms with Gasteiger partial charge in [0.05, 0.1) is 0 Å². The summed E-state index contributed by atoms with van der Waals surface area (Å²) < 4.78 is 0. The molecule has 0 aliphatic heterocycles. The fourth-order valence-corrected chi connectivity index (χ4v) is 1.52. The van der Waals surface area contributed by atoms with Gasteiger partial charge in [-0.3, -0.25) is 4.79 Å². The van der Waals surface area contributed by atoms with E-state index in [0.29, 0.717) is 12.2 Å². The van der Waals surface area contributed by atoms with Crippen LogP contribution in [0.2, 0.25) is 0 Å². The van der Waals surface area contributed by atoms with Gasteiger partial charge in [0.25, 0.3) is 5.91 Å². The van der Waals surface area contributed by atoms with E-state index < -0.39 is 11.9 Å². The number of carbonyl (C=O) groups is 2.